The number of thioether (sulfide) groups is 1. The molecule has 66 valence electrons. The summed E-state index contributed by atoms with van der Waals surface area (Å²) in [6, 6.07) is 2.05. The Bertz CT molecular complexity index is 265. The van der Waals surface area contributed by atoms with E-state index in [1.165, 1.54) is 0 Å². The van der Waals surface area contributed by atoms with Gasteiger partial charge in [0.25, 0.3) is 0 Å². The first-order chi connectivity index (χ1) is 5.54. The standard InChI is InChI=1S/C9H14N2S/c1-9(2,3)7-5-8(12-4)11-6-10-7/h5-6H,1-4H3. The maximum Gasteiger partial charge on any atom is 0.116 e. The summed E-state index contributed by atoms with van der Waals surface area (Å²) in [6.07, 6.45) is 3.65. The number of aromatic nitrogens is 2. The van der Waals surface area contributed by atoms with Gasteiger partial charge in [0, 0.05) is 5.41 Å². The van der Waals surface area contributed by atoms with Crippen molar-refractivity contribution >= 4 is 11.8 Å². The predicted molar refractivity (Wildman–Crippen MR) is 52.5 cm³/mol. The van der Waals surface area contributed by atoms with Gasteiger partial charge in [-0.1, -0.05) is 20.8 Å². The van der Waals surface area contributed by atoms with Gasteiger partial charge in [-0.15, -0.1) is 11.8 Å². The van der Waals surface area contributed by atoms with Crippen LogP contribution in [-0.2, 0) is 5.41 Å². The van der Waals surface area contributed by atoms with Gasteiger partial charge in [0.15, 0.2) is 0 Å². The summed E-state index contributed by atoms with van der Waals surface area (Å²) in [5.74, 6) is 0. The van der Waals surface area contributed by atoms with Crippen LogP contribution in [0.3, 0.4) is 0 Å². The predicted octanol–water partition coefficient (Wildman–Crippen LogP) is 2.50. The summed E-state index contributed by atoms with van der Waals surface area (Å²) in [4.78, 5) is 8.36. The number of rotatable bonds is 1. The van der Waals surface area contributed by atoms with Crippen molar-refractivity contribution < 1.29 is 0 Å². The molecule has 0 fully saturated rings. The first-order valence-corrected chi connectivity index (χ1v) is 5.13. The first kappa shape index (κ1) is 9.52. The van der Waals surface area contributed by atoms with Gasteiger partial charge < -0.3 is 0 Å². The van der Waals surface area contributed by atoms with Gasteiger partial charge >= 0.3 is 0 Å². The van der Waals surface area contributed by atoms with Crippen molar-refractivity contribution in [3.8, 4) is 0 Å². The third kappa shape index (κ3) is 2.21. The van der Waals surface area contributed by atoms with Crippen LogP contribution in [0.4, 0.5) is 0 Å². The molecule has 0 aliphatic carbocycles. The highest BCUT2D eigenvalue weighted by atomic mass is 32.2. The van der Waals surface area contributed by atoms with Crippen molar-refractivity contribution in [2.75, 3.05) is 6.26 Å². The molecule has 0 aromatic carbocycles. The molecular formula is C9H14N2S. The molecule has 0 saturated heterocycles. The van der Waals surface area contributed by atoms with E-state index in [1.807, 2.05) is 12.3 Å². The molecule has 0 spiro atoms. The molecule has 12 heavy (non-hydrogen) atoms. The van der Waals surface area contributed by atoms with Crippen LogP contribution in [0.2, 0.25) is 0 Å². The van der Waals surface area contributed by atoms with E-state index >= 15 is 0 Å². The molecule has 0 atom stereocenters. The van der Waals surface area contributed by atoms with Gasteiger partial charge in [-0.3, -0.25) is 0 Å². The summed E-state index contributed by atoms with van der Waals surface area (Å²) in [6.45, 7) is 6.46. The van der Waals surface area contributed by atoms with Gasteiger partial charge in [-0.25, -0.2) is 9.97 Å². The third-order valence-corrected chi connectivity index (χ3v) is 2.26. The molecule has 0 aliphatic rings. The average Bonchev–Trinajstić information content (AvgIpc) is 2.03. The zero-order valence-electron chi connectivity index (χ0n) is 7.96. The topological polar surface area (TPSA) is 25.8 Å². The molecule has 1 aromatic heterocycles. The van der Waals surface area contributed by atoms with Crippen LogP contribution < -0.4 is 0 Å². The van der Waals surface area contributed by atoms with Crippen LogP contribution in [0, 0.1) is 0 Å². The minimum atomic E-state index is 0.118. The molecule has 0 saturated carbocycles. The van der Waals surface area contributed by atoms with Gasteiger partial charge in [-0.05, 0) is 12.3 Å². The highest BCUT2D eigenvalue weighted by Gasteiger charge is 2.15. The minimum absolute atomic E-state index is 0.118. The SMILES string of the molecule is CSc1cc(C(C)(C)C)ncn1. The fourth-order valence-electron chi connectivity index (χ4n) is 0.861. The smallest absolute Gasteiger partial charge is 0.116 e. The molecule has 0 aliphatic heterocycles. The normalized spacial score (nSPS) is 11.7. The second-order valence-corrected chi connectivity index (χ2v) is 4.52. The molecule has 0 radical (unpaired) electrons. The van der Waals surface area contributed by atoms with E-state index in [4.69, 9.17) is 0 Å². The lowest BCUT2D eigenvalue weighted by Crippen LogP contribution is -2.13. The Hall–Kier alpha value is -0.570. The summed E-state index contributed by atoms with van der Waals surface area (Å²) in [5, 5.41) is 1.04. The van der Waals surface area contributed by atoms with E-state index in [2.05, 4.69) is 30.7 Å². The molecule has 0 N–H and O–H groups in total. The summed E-state index contributed by atoms with van der Waals surface area (Å²) >= 11 is 1.65. The van der Waals surface area contributed by atoms with E-state index < -0.39 is 0 Å². The maximum absolute atomic E-state index is 4.23. The highest BCUT2D eigenvalue weighted by Crippen LogP contribution is 2.22. The van der Waals surface area contributed by atoms with Crippen LogP contribution in [0.5, 0.6) is 0 Å². The van der Waals surface area contributed by atoms with Crippen molar-refractivity contribution in [1.29, 1.82) is 0 Å². The van der Waals surface area contributed by atoms with E-state index in [0.29, 0.717) is 0 Å². The number of hydrogen-bond acceptors (Lipinski definition) is 3. The average molecular weight is 182 g/mol. The molecule has 1 rings (SSSR count). The van der Waals surface area contributed by atoms with Crippen LogP contribution in [0.1, 0.15) is 26.5 Å². The molecule has 0 bridgehead atoms. The van der Waals surface area contributed by atoms with Gasteiger partial charge in [-0.2, -0.15) is 0 Å². The Morgan fingerprint density at radius 1 is 1.25 bits per heavy atom. The van der Waals surface area contributed by atoms with Gasteiger partial charge in [0.05, 0.1) is 10.7 Å². The second-order valence-electron chi connectivity index (χ2n) is 3.70. The molecule has 1 aromatic rings. The molecule has 0 unspecified atom stereocenters. The van der Waals surface area contributed by atoms with Crippen LogP contribution in [0.25, 0.3) is 0 Å². The van der Waals surface area contributed by atoms with E-state index in [0.717, 1.165) is 10.7 Å². The Balaban J connectivity index is 3.02. The Labute approximate surface area is 77.8 Å². The molecule has 2 nitrogen and oxygen atoms in total. The van der Waals surface area contributed by atoms with Crippen molar-refractivity contribution in [1.82, 2.24) is 9.97 Å². The molecule has 3 heteroatoms. The molecule has 0 amide bonds. The summed E-state index contributed by atoms with van der Waals surface area (Å²) < 4.78 is 0. The number of hydrogen-bond donors (Lipinski definition) is 0. The second kappa shape index (κ2) is 3.44. The quantitative estimate of drug-likeness (QED) is 0.493. The highest BCUT2D eigenvalue weighted by molar-refractivity contribution is 7.98. The van der Waals surface area contributed by atoms with Crippen molar-refractivity contribution in [2.45, 2.75) is 31.2 Å². The van der Waals surface area contributed by atoms with E-state index in [1.54, 1.807) is 18.1 Å². The van der Waals surface area contributed by atoms with E-state index in [9.17, 15) is 0 Å². The maximum atomic E-state index is 4.23. The van der Waals surface area contributed by atoms with Crippen molar-refractivity contribution in [2.24, 2.45) is 0 Å². The first-order valence-electron chi connectivity index (χ1n) is 3.90. The van der Waals surface area contributed by atoms with E-state index in [-0.39, 0.29) is 5.41 Å². The monoisotopic (exact) mass is 182 g/mol. The van der Waals surface area contributed by atoms with Crippen LogP contribution >= 0.6 is 11.8 Å². The van der Waals surface area contributed by atoms with Gasteiger partial charge in [0.1, 0.15) is 6.33 Å². The zero-order valence-corrected chi connectivity index (χ0v) is 8.77. The Morgan fingerprint density at radius 2 is 1.92 bits per heavy atom. The molecular weight excluding hydrogens is 168 g/mol. The lowest BCUT2D eigenvalue weighted by Gasteiger charge is -2.17. The zero-order chi connectivity index (χ0) is 9.19. The minimum Gasteiger partial charge on any atom is -0.241 e. The largest absolute Gasteiger partial charge is 0.241 e. The molecule has 1 heterocycles. The lowest BCUT2D eigenvalue weighted by molar-refractivity contribution is 0.563. The lowest BCUT2D eigenvalue weighted by atomic mass is 9.92. The van der Waals surface area contributed by atoms with Crippen molar-refractivity contribution in [3.63, 3.8) is 0 Å². The number of nitrogens with zero attached hydrogens (tertiary/aromatic N) is 2. The van der Waals surface area contributed by atoms with Crippen molar-refractivity contribution in [3.05, 3.63) is 18.1 Å². The summed E-state index contributed by atoms with van der Waals surface area (Å²) in [7, 11) is 0. The fraction of sp³-hybridized carbons (Fsp3) is 0.556. The van der Waals surface area contributed by atoms with Crippen LogP contribution in [0.15, 0.2) is 17.4 Å². The summed E-state index contributed by atoms with van der Waals surface area (Å²) in [5.41, 5.74) is 1.22. The van der Waals surface area contributed by atoms with Gasteiger partial charge in [0.2, 0.25) is 0 Å². The Kier molecular flexibility index (Phi) is 2.73. The van der Waals surface area contributed by atoms with Crippen LogP contribution in [-0.4, -0.2) is 16.2 Å². The Morgan fingerprint density at radius 3 is 2.42 bits per heavy atom. The fourth-order valence-corrected chi connectivity index (χ4v) is 1.24. The third-order valence-electron chi connectivity index (χ3n) is 1.62.